The van der Waals surface area contributed by atoms with Gasteiger partial charge in [0.25, 0.3) is 0 Å². The number of aliphatic hydroxyl groups is 1. The van der Waals surface area contributed by atoms with Gasteiger partial charge in [-0.05, 0) is 41.3 Å². The lowest BCUT2D eigenvalue weighted by Crippen LogP contribution is -1.84. The molecule has 0 aliphatic rings. The summed E-state index contributed by atoms with van der Waals surface area (Å²) in [5.41, 5.74) is 4.17. The van der Waals surface area contributed by atoms with Crippen LogP contribution >= 0.6 is 0 Å². The van der Waals surface area contributed by atoms with E-state index in [0.717, 1.165) is 22.3 Å². The van der Waals surface area contributed by atoms with Gasteiger partial charge >= 0.3 is 0 Å². The van der Waals surface area contributed by atoms with Crippen LogP contribution in [-0.4, -0.2) is 11.7 Å². The van der Waals surface area contributed by atoms with Crippen molar-refractivity contribution in [1.29, 1.82) is 0 Å². The van der Waals surface area contributed by atoms with E-state index in [2.05, 4.69) is 0 Å². The van der Waals surface area contributed by atoms with E-state index in [1.165, 1.54) is 12.1 Å². The molecule has 0 fully saturated rings. The van der Waals surface area contributed by atoms with Gasteiger partial charge in [-0.15, -0.1) is 0 Å². The number of rotatable bonds is 3. The maximum absolute atomic E-state index is 12.8. The van der Waals surface area contributed by atoms with Crippen molar-refractivity contribution in [2.45, 2.75) is 6.92 Å². The fourth-order valence-corrected chi connectivity index (χ4v) is 1.82. The molecule has 0 aromatic heterocycles. The molecule has 0 aliphatic heterocycles. The van der Waals surface area contributed by atoms with E-state index in [9.17, 15) is 4.39 Å². The molecule has 0 unspecified atom stereocenters. The average Bonchev–Trinajstić information content (AvgIpc) is 2.40. The molecule has 0 aliphatic carbocycles. The van der Waals surface area contributed by atoms with Gasteiger partial charge in [0.1, 0.15) is 5.82 Å². The van der Waals surface area contributed by atoms with Crippen LogP contribution in [0.15, 0.2) is 54.6 Å². The van der Waals surface area contributed by atoms with Crippen molar-refractivity contribution in [2.75, 3.05) is 6.61 Å². The van der Waals surface area contributed by atoms with E-state index in [-0.39, 0.29) is 12.4 Å². The Hall–Kier alpha value is -1.93. The minimum absolute atomic E-state index is 0.0472. The zero-order valence-electron chi connectivity index (χ0n) is 10.2. The third-order valence-electron chi connectivity index (χ3n) is 2.92. The number of hydrogen-bond acceptors (Lipinski definition) is 1. The number of allylic oxidation sites excluding steroid dienone is 1. The van der Waals surface area contributed by atoms with E-state index < -0.39 is 0 Å². The van der Waals surface area contributed by atoms with Gasteiger partial charge in [0.05, 0.1) is 6.61 Å². The van der Waals surface area contributed by atoms with E-state index in [1.807, 2.05) is 31.2 Å². The Morgan fingerprint density at radius 3 is 2.00 bits per heavy atom. The fourth-order valence-electron chi connectivity index (χ4n) is 1.82. The Balaban J connectivity index is 2.27. The third kappa shape index (κ3) is 2.84. The topological polar surface area (TPSA) is 20.2 Å². The molecule has 2 rings (SSSR count). The van der Waals surface area contributed by atoms with Crippen molar-refractivity contribution >= 4 is 5.57 Å². The van der Waals surface area contributed by atoms with Crippen LogP contribution in [0.2, 0.25) is 0 Å². The van der Waals surface area contributed by atoms with Crippen LogP contribution in [0.1, 0.15) is 12.5 Å². The van der Waals surface area contributed by atoms with Crippen LogP contribution in [0.25, 0.3) is 16.7 Å². The molecule has 0 saturated heterocycles. The van der Waals surface area contributed by atoms with Crippen molar-refractivity contribution < 1.29 is 9.50 Å². The predicted octanol–water partition coefficient (Wildman–Crippen LogP) is 3.89. The monoisotopic (exact) mass is 242 g/mol. The molecule has 0 heterocycles. The lowest BCUT2D eigenvalue weighted by atomic mass is 10.0. The highest BCUT2D eigenvalue weighted by Crippen LogP contribution is 2.22. The molecule has 2 aromatic rings. The van der Waals surface area contributed by atoms with Crippen LogP contribution in [-0.2, 0) is 0 Å². The maximum atomic E-state index is 12.8. The minimum atomic E-state index is -0.225. The quantitative estimate of drug-likeness (QED) is 0.865. The van der Waals surface area contributed by atoms with Gasteiger partial charge in [-0.3, -0.25) is 0 Å². The molecular formula is C16H15FO. The van der Waals surface area contributed by atoms with Crippen molar-refractivity contribution in [3.05, 3.63) is 66.0 Å². The van der Waals surface area contributed by atoms with E-state index in [1.54, 1.807) is 18.2 Å². The first kappa shape index (κ1) is 12.5. The molecule has 0 spiro atoms. The molecule has 0 atom stereocenters. The van der Waals surface area contributed by atoms with Crippen LogP contribution in [0, 0.1) is 5.82 Å². The smallest absolute Gasteiger partial charge is 0.123 e. The summed E-state index contributed by atoms with van der Waals surface area (Å²) in [6.07, 6.45) is 1.77. The number of benzene rings is 2. The lowest BCUT2D eigenvalue weighted by Gasteiger charge is -2.05. The Morgan fingerprint density at radius 2 is 1.50 bits per heavy atom. The molecule has 18 heavy (non-hydrogen) atoms. The standard InChI is InChI=1S/C16H15FO/c1-12(10-11-18)13-2-4-14(5-3-13)15-6-8-16(17)9-7-15/h2-10,18H,11H2,1H3/b12-10+. The largest absolute Gasteiger partial charge is 0.392 e. The van der Waals surface area contributed by atoms with Crippen molar-refractivity contribution in [3.63, 3.8) is 0 Å². The summed E-state index contributed by atoms with van der Waals surface area (Å²) in [4.78, 5) is 0. The summed E-state index contributed by atoms with van der Waals surface area (Å²) in [7, 11) is 0. The molecule has 0 radical (unpaired) electrons. The van der Waals surface area contributed by atoms with Crippen LogP contribution in [0.3, 0.4) is 0 Å². The minimum Gasteiger partial charge on any atom is -0.392 e. The van der Waals surface area contributed by atoms with Crippen molar-refractivity contribution in [1.82, 2.24) is 0 Å². The maximum Gasteiger partial charge on any atom is 0.123 e. The summed E-state index contributed by atoms with van der Waals surface area (Å²) in [6.45, 7) is 2.01. The summed E-state index contributed by atoms with van der Waals surface area (Å²) in [5.74, 6) is -0.225. The Bertz CT molecular complexity index is 538. The van der Waals surface area contributed by atoms with E-state index >= 15 is 0 Å². The van der Waals surface area contributed by atoms with Gasteiger partial charge in [-0.25, -0.2) is 4.39 Å². The molecule has 2 aromatic carbocycles. The first-order chi connectivity index (χ1) is 8.70. The third-order valence-corrected chi connectivity index (χ3v) is 2.92. The summed E-state index contributed by atoms with van der Waals surface area (Å²) < 4.78 is 12.8. The van der Waals surface area contributed by atoms with E-state index in [4.69, 9.17) is 5.11 Å². The average molecular weight is 242 g/mol. The van der Waals surface area contributed by atoms with Gasteiger partial charge in [0, 0.05) is 0 Å². The van der Waals surface area contributed by atoms with Crippen molar-refractivity contribution in [3.8, 4) is 11.1 Å². The van der Waals surface area contributed by atoms with Crippen LogP contribution < -0.4 is 0 Å². The van der Waals surface area contributed by atoms with Gasteiger partial charge < -0.3 is 5.11 Å². The SMILES string of the molecule is C/C(=C\CO)c1ccc(-c2ccc(F)cc2)cc1. The number of halogens is 1. The number of aliphatic hydroxyl groups excluding tert-OH is 1. The summed E-state index contributed by atoms with van der Waals surface area (Å²) >= 11 is 0. The molecule has 92 valence electrons. The molecule has 1 nitrogen and oxygen atoms in total. The second-order valence-electron chi connectivity index (χ2n) is 4.15. The second kappa shape index (κ2) is 5.61. The van der Waals surface area contributed by atoms with Gasteiger partial charge in [0.2, 0.25) is 0 Å². The normalized spacial score (nSPS) is 11.6. The molecule has 1 N–H and O–H groups in total. The highest BCUT2D eigenvalue weighted by molar-refractivity contribution is 5.69. The highest BCUT2D eigenvalue weighted by Gasteiger charge is 1.99. The predicted molar refractivity (Wildman–Crippen MR) is 72.6 cm³/mol. The van der Waals surface area contributed by atoms with Gasteiger partial charge in [-0.1, -0.05) is 42.5 Å². The van der Waals surface area contributed by atoms with Crippen molar-refractivity contribution in [2.24, 2.45) is 0 Å². The van der Waals surface area contributed by atoms with Gasteiger partial charge in [0.15, 0.2) is 0 Å². The summed E-state index contributed by atoms with van der Waals surface area (Å²) in [5, 5.41) is 8.84. The molecule has 0 bridgehead atoms. The second-order valence-corrected chi connectivity index (χ2v) is 4.15. The lowest BCUT2D eigenvalue weighted by molar-refractivity contribution is 0.343. The Kier molecular flexibility index (Phi) is 3.90. The first-order valence-electron chi connectivity index (χ1n) is 5.84. The highest BCUT2D eigenvalue weighted by atomic mass is 19.1. The fraction of sp³-hybridized carbons (Fsp3) is 0.125. The summed E-state index contributed by atoms with van der Waals surface area (Å²) in [6, 6.07) is 14.4. The van der Waals surface area contributed by atoms with E-state index in [0.29, 0.717) is 0 Å². The van der Waals surface area contributed by atoms with Crippen LogP contribution in [0.4, 0.5) is 4.39 Å². The molecular weight excluding hydrogens is 227 g/mol. The number of hydrogen-bond donors (Lipinski definition) is 1. The molecule has 0 saturated carbocycles. The van der Waals surface area contributed by atoms with Gasteiger partial charge in [-0.2, -0.15) is 0 Å². The first-order valence-corrected chi connectivity index (χ1v) is 5.84. The Labute approximate surface area is 106 Å². The van der Waals surface area contributed by atoms with Crippen LogP contribution in [0.5, 0.6) is 0 Å². The molecule has 0 amide bonds. The molecule has 2 heteroatoms. The zero-order chi connectivity index (χ0) is 13.0. The Morgan fingerprint density at radius 1 is 1.00 bits per heavy atom. The zero-order valence-corrected chi connectivity index (χ0v) is 10.2.